The van der Waals surface area contributed by atoms with Crippen molar-refractivity contribution in [3.05, 3.63) is 114 Å². The van der Waals surface area contributed by atoms with Crippen LogP contribution in [0.4, 0.5) is 0 Å². The van der Waals surface area contributed by atoms with Gasteiger partial charge in [0.05, 0.1) is 18.0 Å². The number of ether oxygens (including phenoxy) is 1. The summed E-state index contributed by atoms with van der Waals surface area (Å²) in [5.41, 5.74) is 6.13. The van der Waals surface area contributed by atoms with Gasteiger partial charge in [0.15, 0.2) is 5.65 Å². The maximum atomic E-state index is 11.1. The van der Waals surface area contributed by atoms with E-state index in [1.807, 2.05) is 79.0 Å². The molecule has 0 spiro atoms. The quantitative estimate of drug-likeness (QED) is 0.255. The van der Waals surface area contributed by atoms with E-state index in [4.69, 9.17) is 14.7 Å². The molecule has 1 N–H and O–H groups in total. The summed E-state index contributed by atoms with van der Waals surface area (Å²) in [5.74, 6) is 1.00. The van der Waals surface area contributed by atoms with Crippen LogP contribution in [0.25, 0.3) is 16.9 Å². The summed E-state index contributed by atoms with van der Waals surface area (Å²) in [6.45, 7) is 2.87. The van der Waals surface area contributed by atoms with Crippen LogP contribution in [-0.2, 0) is 12.8 Å². The summed E-state index contributed by atoms with van der Waals surface area (Å²) in [6.07, 6.45) is 5.18. The third kappa shape index (κ3) is 5.19. The van der Waals surface area contributed by atoms with Gasteiger partial charge in [-0.1, -0.05) is 74.0 Å². The molecule has 0 saturated carbocycles. The van der Waals surface area contributed by atoms with E-state index in [-0.39, 0.29) is 5.88 Å². The first-order chi connectivity index (χ1) is 17.2. The summed E-state index contributed by atoms with van der Waals surface area (Å²) < 4.78 is 7.58. The van der Waals surface area contributed by atoms with Crippen LogP contribution in [-0.4, -0.2) is 26.1 Å². The van der Waals surface area contributed by atoms with E-state index in [0.29, 0.717) is 30.8 Å². The monoisotopic (exact) mass is 463 g/mol. The maximum absolute atomic E-state index is 11.1. The number of nitrogens with zero attached hydrogens (tertiary/aromatic N) is 3. The molecule has 0 saturated heterocycles. The Labute approximate surface area is 205 Å². The van der Waals surface area contributed by atoms with E-state index in [2.05, 4.69) is 19.1 Å². The van der Waals surface area contributed by atoms with Crippen molar-refractivity contribution in [3.63, 3.8) is 0 Å². The van der Waals surface area contributed by atoms with Crippen LogP contribution in [0.15, 0.2) is 91.1 Å². The molecular weight excluding hydrogens is 434 g/mol. The lowest BCUT2D eigenvalue weighted by atomic mass is 10.1. The van der Waals surface area contributed by atoms with Gasteiger partial charge in [-0.25, -0.2) is 9.97 Å². The summed E-state index contributed by atoms with van der Waals surface area (Å²) >= 11 is 0. The van der Waals surface area contributed by atoms with E-state index in [1.165, 1.54) is 0 Å². The molecule has 0 radical (unpaired) electrons. The molecule has 0 aliphatic heterocycles. The van der Waals surface area contributed by atoms with Crippen molar-refractivity contribution in [3.8, 4) is 22.9 Å². The molecule has 176 valence electrons. The van der Waals surface area contributed by atoms with Gasteiger partial charge in [-0.3, -0.25) is 4.40 Å². The molecule has 0 amide bonds. The Bertz CT molecular complexity index is 1400. The Hall–Kier alpha value is -4.12. The second kappa shape index (κ2) is 10.4. The predicted molar refractivity (Wildman–Crippen MR) is 139 cm³/mol. The summed E-state index contributed by atoms with van der Waals surface area (Å²) in [5, 5.41) is 11.1. The van der Waals surface area contributed by atoms with Gasteiger partial charge in [-0.2, -0.15) is 0 Å². The van der Waals surface area contributed by atoms with Gasteiger partial charge >= 0.3 is 0 Å². The highest BCUT2D eigenvalue weighted by Gasteiger charge is 2.18. The number of rotatable bonds is 9. The molecule has 5 nitrogen and oxygen atoms in total. The van der Waals surface area contributed by atoms with Gasteiger partial charge in [0, 0.05) is 24.6 Å². The lowest BCUT2D eigenvalue weighted by Gasteiger charge is -2.10. The van der Waals surface area contributed by atoms with Crippen LogP contribution in [0.1, 0.15) is 42.3 Å². The molecule has 0 fully saturated rings. The molecule has 35 heavy (non-hydrogen) atoms. The standard InChI is InChI=1S/C30H29N3O2/c1-2-3-18-35-25-16-14-24(15-17-25)28-21-33-29(26(31-28)19-22-10-6-4-7-11-22)32-27(30(33)34)20-23-12-8-5-9-13-23/h4-17,21,34H,2-3,18-20H2,1H3. The molecular formula is C30H29N3O2. The number of imidazole rings is 1. The molecule has 2 heterocycles. The van der Waals surface area contributed by atoms with Crippen molar-refractivity contribution in [2.24, 2.45) is 0 Å². The van der Waals surface area contributed by atoms with Crippen molar-refractivity contribution in [2.45, 2.75) is 32.6 Å². The van der Waals surface area contributed by atoms with Crippen molar-refractivity contribution < 1.29 is 9.84 Å². The van der Waals surface area contributed by atoms with E-state index in [1.54, 1.807) is 4.40 Å². The van der Waals surface area contributed by atoms with Gasteiger partial charge in [0.25, 0.3) is 0 Å². The minimum absolute atomic E-state index is 0.154. The first kappa shape index (κ1) is 22.7. The first-order valence-electron chi connectivity index (χ1n) is 12.1. The molecule has 5 rings (SSSR count). The van der Waals surface area contributed by atoms with Crippen LogP contribution in [0.2, 0.25) is 0 Å². The van der Waals surface area contributed by atoms with E-state index >= 15 is 0 Å². The largest absolute Gasteiger partial charge is 0.494 e. The Kier molecular flexibility index (Phi) is 6.75. The average molecular weight is 464 g/mol. The smallest absolute Gasteiger partial charge is 0.219 e. The maximum Gasteiger partial charge on any atom is 0.219 e. The topological polar surface area (TPSA) is 59.7 Å². The third-order valence-corrected chi connectivity index (χ3v) is 6.07. The Morgan fingerprint density at radius 3 is 2.03 bits per heavy atom. The number of aromatic nitrogens is 3. The van der Waals surface area contributed by atoms with Gasteiger partial charge < -0.3 is 9.84 Å². The van der Waals surface area contributed by atoms with Gasteiger partial charge in [0.2, 0.25) is 5.88 Å². The van der Waals surface area contributed by atoms with E-state index < -0.39 is 0 Å². The number of benzene rings is 3. The van der Waals surface area contributed by atoms with Crippen LogP contribution in [0, 0.1) is 0 Å². The molecule has 5 aromatic rings. The number of hydrogen-bond acceptors (Lipinski definition) is 4. The highest BCUT2D eigenvalue weighted by atomic mass is 16.5. The predicted octanol–water partition coefficient (Wildman–Crippen LogP) is 6.46. The summed E-state index contributed by atoms with van der Waals surface area (Å²) in [6, 6.07) is 28.3. The number of unbranched alkanes of at least 4 members (excludes halogenated alkanes) is 1. The molecule has 0 aliphatic carbocycles. The number of hydrogen-bond donors (Lipinski definition) is 1. The second-order valence-corrected chi connectivity index (χ2v) is 8.70. The number of fused-ring (bicyclic) bond motifs is 1. The van der Waals surface area contributed by atoms with Gasteiger partial charge in [-0.05, 0) is 41.8 Å². The van der Waals surface area contributed by atoms with Gasteiger partial charge in [0.1, 0.15) is 11.4 Å². The fourth-order valence-electron chi connectivity index (χ4n) is 4.15. The van der Waals surface area contributed by atoms with E-state index in [0.717, 1.165) is 46.7 Å². The Morgan fingerprint density at radius 1 is 0.771 bits per heavy atom. The number of aromatic hydroxyl groups is 1. The zero-order valence-corrected chi connectivity index (χ0v) is 19.9. The molecule has 0 unspecified atom stereocenters. The molecule has 5 heteroatoms. The SMILES string of the molecule is CCCCOc1ccc(-c2cn3c(O)c(Cc4ccccc4)nc3c(Cc3ccccc3)n2)cc1. The Morgan fingerprint density at radius 2 is 1.40 bits per heavy atom. The van der Waals surface area contributed by atoms with Crippen LogP contribution >= 0.6 is 0 Å². The lowest BCUT2D eigenvalue weighted by molar-refractivity contribution is 0.309. The van der Waals surface area contributed by atoms with Gasteiger partial charge in [-0.15, -0.1) is 0 Å². The van der Waals surface area contributed by atoms with Crippen molar-refractivity contribution in [1.29, 1.82) is 0 Å². The minimum Gasteiger partial charge on any atom is -0.494 e. The molecule has 0 aliphatic rings. The fraction of sp³-hybridized carbons (Fsp3) is 0.200. The normalized spacial score (nSPS) is 11.1. The lowest BCUT2D eigenvalue weighted by Crippen LogP contribution is -2.01. The second-order valence-electron chi connectivity index (χ2n) is 8.70. The van der Waals surface area contributed by atoms with Crippen molar-refractivity contribution in [1.82, 2.24) is 14.4 Å². The fourth-order valence-corrected chi connectivity index (χ4v) is 4.15. The first-order valence-corrected chi connectivity index (χ1v) is 12.1. The Balaban J connectivity index is 1.54. The molecule has 0 atom stereocenters. The zero-order chi connectivity index (χ0) is 24.0. The average Bonchev–Trinajstić information content (AvgIpc) is 3.21. The third-order valence-electron chi connectivity index (χ3n) is 6.07. The highest BCUT2D eigenvalue weighted by Crippen LogP contribution is 2.29. The zero-order valence-electron chi connectivity index (χ0n) is 19.9. The summed E-state index contributed by atoms with van der Waals surface area (Å²) in [7, 11) is 0. The van der Waals surface area contributed by atoms with E-state index in [9.17, 15) is 5.11 Å². The van der Waals surface area contributed by atoms with Crippen molar-refractivity contribution >= 4 is 5.65 Å². The molecule has 0 bridgehead atoms. The van der Waals surface area contributed by atoms with Crippen LogP contribution in [0.3, 0.4) is 0 Å². The highest BCUT2D eigenvalue weighted by molar-refractivity contribution is 5.64. The molecule has 2 aromatic heterocycles. The minimum atomic E-state index is 0.154. The summed E-state index contributed by atoms with van der Waals surface area (Å²) in [4.78, 5) is 9.82. The van der Waals surface area contributed by atoms with Crippen molar-refractivity contribution in [2.75, 3.05) is 6.61 Å². The van der Waals surface area contributed by atoms with Crippen LogP contribution < -0.4 is 4.74 Å². The van der Waals surface area contributed by atoms with Crippen LogP contribution in [0.5, 0.6) is 11.6 Å². The molecule has 3 aromatic carbocycles.